The Morgan fingerprint density at radius 1 is 1.10 bits per heavy atom. The summed E-state index contributed by atoms with van der Waals surface area (Å²) < 4.78 is 26.4. The summed E-state index contributed by atoms with van der Waals surface area (Å²) in [6, 6.07) is 11.4. The predicted octanol–water partition coefficient (Wildman–Crippen LogP) is 3.85. The summed E-state index contributed by atoms with van der Waals surface area (Å²) in [5.74, 6) is -1.30. The van der Waals surface area contributed by atoms with Gasteiger partial charge in [-0.15, -0.1) is 0 Å². The van der Waals surface area contributed by atoms with E-state index in [9.17, 15) is 13.6 Å². The second kappa shape index (κ2) is 6.14. The normalized spacial score (nSPS) is 11.8. The van der Waals surface area contributed by atoms with Crippen molar-refractivity contribution in [3.63, 3.8) is 0 Å². The van der Waals surface area contributed by atoms with Crippen LogP contribution in [0.4, 0.5) is 19.3 Å². The number of carbonyl (C=O) groups is 1. The molecule has 0 saturated heterocycles. The van der Waals surface area contributed by atoms with E-state index in [1.54, 1.807) is 6.92 Å². The monoisotopic (exact) mass is 276 g/mol. The minimum atomic E-state index is -0.686. The average molecular weight is 276 g/mol. The van der Waals surface area contributed by atoms with Gasteiger partial charge in [0.2, 0.25) is 0 Å². The zero-order valence-corrected chi connectivity index (χ0v) is 10.9. The van der Waals surface area contributed by atoms with Crippen molar-refractivity contribution >= 4 is 11.7 Å². The van der Waals surface area contributed by atoms with E-state index in [4.69, 9.17) is 0 Å². The van der Waals surface area contributed by atoms with E-state index in [-0.39, 0.29) is 11.7 Å². The Hall–Kier alpha value is -2.43. The first kappa shape index (κ1) is 14.0. The Balaban J connectivity index is 2.01. The van der Waals surface area contributed by atoms with Crippen molar-refractivity contribution in [1.29, 1.82) is 0 Å². The number of rotatable bonds is 3. The van der Waals surface area contributed by atoms with Gasteiger partial charge in [-0.2, -0.15) is 0 Å². The van der Waals surface area contributed by atoms with Crippen LogP contribution < -0.4 is 10.6 Å². The number of benzene rings is 2. The number of anilines is 1. The van der Waals surface area contributed by atoms with Crippen LogP contribution in [0.3, 0.4) is 0 Å². The van der Waals surface area contributed by atoms with Crippen LogP contribution >= 0.6 is 0 Å². The van der Waals surface area contributed by atoms with Crippen molar-refractivity contribution < 1.29 is 13.6 Å². The number of halogens is 2. The molecule has 0 fully saturated rings. The van der Waals surface area contributed by atoms with Gasteiger partial charge in [0.15, 0.2) is 0 Å². The van der Waals surface area contributed by atoms with Gasteiger partial charge in [-0.1, -0.05) is 30.3 Å². The van der Waals surface area contributed by atoms with Gasteiger partial charge in [0.25, 0.3) is 0 Å². The first-order valence-corrected chi connectivity index (χ1v) is 6.14. The molecule has 1 atom stereocenters. The highest BCUT2D eigenvalue weighted by Gasteiger charge is 2.11. The number of amides is 2. The largest absolute Gasteiger partial charge is 0.331 e. The second-order valence-electron chi connectivity index (χ2n) is 4.36. The van der Waals surface area contributed by atoms with Gasteiger partial charge in [0, 0.05) is 6.07 Å². The Kier molecular flexibility index (Phi) is 4.30. The van der Waals surface area contributed by atoms with Gasteiger partial charge in [0.05, 0.1) is 11.7 Å². The Morgan fingerprint density at radius 2 is 1.80 bits per heavy atom. The summed E-state index contributed by atoms with van der Waals surface area (Å²) in [6.07, 6.45) is 0. The van der Waals surface area contributed by atoms with Gasteiger partial charge in [-0.25, -0.2) is 13.6 Å². The lowest BCUT2D eigenvalue weighted by Crippen LogP contribution is -2.31. The summed E-state index contributed by atoms with van der Waals surface area (Å²) in [6.45, 7) is 1.80. The van der Waals surface area contributed by atoms with E-state index >= 15 is 0 Å². The van der Waals surface area contributed by atoms with Gasteiger partial charge >= 0.3 is 6.03 Å². The Bertz CT molecular complexity index is 602. The standard InChI is InChI=1S/C15H14F2N2O/c1-10(11-5-3-2-4-6-11)18-15(20)19-14-9-12(16)7-8-13(14)17/h2-10H,1H3,(H2,18,19,20)/t10-/m1/s1. The third-order valence-corrected chi connectivity index (χ3v) is 2.82. The third kappa shape index (κ3) is 3.54. The van der Waals surface area contributed by atoms with Gasteiger partial charge in [-0.05, 0) is 24.6 Å². The SMILES string of the molecule is C[C@@H](NC(=O)Nc1cc(F)ccc1F)c1ccccc1. The fourth-order valence-electron chi connectivity index (χ4n) is 1.77. The summed E-state index contributed by atoms with van der Waals surface area (Å²) >= 11 is 0. The summed E-state index contributed by atoms with van der Waals surface area (Å²) in [5, 5.41) is 4.94. The number of hydrogen-bond acceptors (Lipinski definition) is 1. The van der Waals surface area contributed by atoms with Crippen molar-refractivity contribution in [1.82, 2.24) is 5.32 Å². The molecular weight excluding hydrogens is 262 g/mol. The zero-order chi connectivity index (χ0) is 14.5. The molecule has 5 heteroatoms. The molecule has 0 aromatic heterocycles. The van der Waals surface area contributed by atoms with Crippen LogP contribution in [0.2, 0.25) is 0 Å². The van der Waals surface area contributed by atoms with Crippen LogP contribution in [0, 0.1) is 11.6 Å². The first-order chi connectivity index (χ1) is 9.56. The topological polar surface area (TPSA) is 41.1 Å². The van der Waals surface area contributed by atoms with Crippen LogP contribution in [-0.2, 0) is 0 Å². The summed E-state index contributed by atoms with van der Waals surface area (Å²) in [5.41, 5.74) is 0.727. The molecule has 2 amide bonds. The molecule has 0 heterocycles. The maximum absolute atomic E-state index is 13.4. The molecule has 3 nitrogen and oxygen atoms in total. The molecule has 0 aliphatic carbocycles. The zero-order valence-electron chi connectivity index (χ0n) is 10.9. The van der Waals surface area contributed by atoms with E-state index in [1.165, 1.54) is 0 Å². The maximum Gasteiger partial charge on any atom is 0.319 e. The molecule has 2 aromatic rings. The van der Waals surface area contributed by atoms with Crippen LogP contribution in [0.15, 0.2) is 48.5 Å². The number of nitrogens with one attached hydrogen (secondary N) is 2. The van der Waals surface area contributed by atoms with Crippen LogP contribution in [0.5, 0.6) is 0 Å². The molecule has 0 saturated carbocycles. The fraction of sp³-hybridized carbons (Fsp3) is 0.133. The average Bonchev–Trinajstić information content (AvgIpc) is 2.43. The fourth-order valence-corrected chi connectivity index (χ4v) is 1.77. The number of carbonyl (C=O) groups excluding carboxylic acids is 1. The Morgan fingerprint density at radius 3 is 2.50 bits per heavy atom. The third-order valence-electron chi connectivity index (χ3n) is 2.82. The molecule has 0 aliphatic heterocycles. The highest BCUT2D eigenvalue weighted by molar-refractivity contribution is 5.89. The molecule has 0 radical (unpaired) electrons. The summed E-state index contributed by atoms with van der Waals surface area (Å²) in [7, 11) is 0. The molecule has 0 unspecified atom stereocenters. The highest BCUT2D eigenvalue weighted by atomic mass is 19.1. The Labute approximate surface area is 115 Å². The van der Waals surface area contributed by atoms with Crippen molar-refractivity contribution in [3.05, 3.63) is 65.7 Å². The van der Waals surface area contributed by atoms with E-state index in [0.717, 1.165) is 23.8 Å². The first-order valence-electron chi connectivity index (χ1n) is 6.14. The minimum Gasteiger partial charge on any atom is -0.331 e. The molecule has 0 bridgehead atoms. The smallest absolute Gasteiger partial charge is 0.319 e. The van der Waals surface area contributed by atoms with Crippen molar-refractivity contribution in [2.75, 3.05) is 5.32 Å². The molecular formula is C15H14F2N2O. The molecule has 0 spiro atoms. The van der Waals surface area contributed by atoms with Gasteiger partial charge < -0.3 is 10.6 Å². The van der Waals surface area contributed by atoms with E-state index < -0.39 is 17.7 Å². The lowest BCUT2D eigenvalue weighted by Gasteiger charge is -2.15. The number of hydrogen-bond donors (Lipinski definition) is 2. The second-order valence-corrected chi connectivity index (χ2v) is 4.36. The molecule has 2 N–H and O–H groups in total. The maximum atomic E-state index is 13.4. The van der Waals surface area contributed by atoms with E-state index in [2.05, 4.69) is 10.6 Å². The van der Waals surface area contributed by atoms with Crippen molar-refractivity contribution in [3.8, 4) is 0 Å². The summed E-state index contributed by atoms with van der Waals surface area (Å²) in [4.78, 5) is 11.7. The quantitative estimate of drug-likeness (QED) is 0.878. The molecule has 2 rings (SSSR count). The van der Waals surface area contributed by atoms with Crippen molar-refractivity contribution in [2.24, 2.45) is 0 Å². The minimum absolute atomic E-state index is 0.192. The highest BCUT2D eigenvalue weighted by Crippen LogP contribution is 2.16. The van der Waals surface area contributed by atoms with Gasteiger partial charge in [0.1, 0.15) is 11.6 Å². The molecule has 2 aromatic carbocycles. The lowest BCUT2D eigenvalue weighted by atomic mass is 10.1. The lowest BCUT2D eigenvalue weighted by molar-refractivity contribution is 0.249. The number of urea groups is 1. The van der Waals surface area contributed by atoms with Crippen LogP contribution in [-0.4, -0.2) is 6.03 Å². The molecule has 104 valence electrons. The van der Waals surface area contributed by atoms with Crippen molar-refractivity contribution in [2.45, 2.75) is 13.0 Å². The molecule has 0 aliphatic rings. The van der Waals surface area contributed by atoms with Gasteiger partial charge in [-0.3, -0.25) is 0 Å². The molecule has 20 heavy (non-hydrogen) atoms. The van der Waals surface area contributed by atoms with Crippen LogP contribution in [0.1, 0.15) is 18.5 Å². The van der Waals surface area contributed by atoms with E-state index in [0.29, 0.717) is 0 Å². The van der Waals surface area contributed by atoms with Crippen LogP contribution in [0.25, 0.3) is 0 Å². The van der Waals surface area contributed by atoms with E-state index in [1.807, 2.05) is 30.3 Å². The predicted molar refractivity (Wildman–Crippen MR) is 73.4 cm³/mol.